The molecule has 104 valence electrons. The second-order valence-corrected chi connectivity index (χ2v) is 5.70. The summed E-state index contributed by atoms with van der Waals surface area (Å²) in [5, 5.41) is 0. The molecule has 1 aliphatic rings. The Morgan fingerprint density at radius 3 is 2.47 bits per heavy atom. The van der Waals surface area contributed by atoms with E-state index in [1.165, 1.54) is 11.1 Å². The van der Waals surface area contributed by atoms with Gasteiger partial charge in [-0.1, -0.05) is 24.3 Å². The lowest BCUT2D eigenvalue weighted by molar-refractivity contribution is 0.0453. The molecule has 1 amide bonds. The van der Waals surface area contributed by atoms with Crippen molar-refractivity contribution < 1.29 is 9.53 Å². The highest BCUT2D eigenvalue weighted by atomic mass is 16.6. The van der Waals surface area contributed by atoms with Gasteiger partial charge in [0.1, 0.15) is 6.10 Å². The highest BCUT2D eigenvalue weighted by molar-refractivity contribution is 5.69. The molecule has 0 radical (unpaired) electrons. The Morgan fingerprint density at radius 2 is 1.84 bits per heavy atom. The van der Waals surface area contributed by atoms with E-state index in [9.17, 15) is 4.79 Å². The van der Waals surface area contributed by atoms with E-state index < -0.39 is 0 Å². The van der Waals surface area contributed by atoms with Crippen molar-refractivity contribution in [3.05, 3.63) is 35.4 Å². The molecule has 3 heteroatoms. The van der Waals surface area contributed by atoms with E-state index in [1.807, 2.05) is 39.8 Å². The van der Waals surface area contributed by atoms with E-state index in [1.54, 1.807) is 4.90 Å². The van der Waals surface area contributed by atoms with Crippen LogP contribution in [0.2, 0.25) is 0 Å². The van der Waals surface area contributed by atoms with Crippen LogP contribution in [0.3, 0.4) is 0 Å². The zero-order chi connectivity index (χ0) is 14.0. The smallest absolute Gasteiger partial charge is 0.410 e. The lowest BCUT2D eigenvalue weighted by Gasteiger charge is -2.31. The molecule has 0 saturated heterocycles. The second kappa shape index (κ2) is 5.64. The Hall–Kier alpha value is -1.51. The largest absolute Gasteiger partial charge is 0.441 e. The van der Waals surface area contributed by atoms with E-state index >= 15 is 0 Å². The molecule has 0 aromatic heterocycles. The number of ether oxygens (including phenoxy) is 1. The number of amides is 1. The van der Waals surface area contributed by atoms with Gasteiger partial charge in [0.15, 0.2) is 0 Å². The molecule has 0 heterocycles. The van der Waals surface area contributed by atoms with Crippen molar-refractivity contribution in [2.75, 3.05) is 0 Å². The van der Waals surface area contributed by atoms with Crippen LogP contribution in [-0.2, 0) is 11.2 Å². The molecular formula is C16H23NO2. The van der Waals surface area contributed by atoms with Crippen LogP contribution in [0.25, 0.3) is 0 Å². The first-order valence-electron chi connectivity index (χ1n) is 7.07. The molecule has 0 N–H and O–H groups in total. The van der Waals surface area contributed by atoms with E-state index in [-0.39, 0.29) is 24.3 Å². The summed E-state index contributed by atoms with van der Waals surface area (Å²) >= 11 is 0. The summed E-state index contributed by atoms with van der Waals surface area (Å²) in [4.78, 5) is 14.1. The van der Waals surface area contributed by atoms with Crippen molar-refractivity contribution in [1.82, 2.24) is 4.90 Å². The Bertz CT molecular complexity index is 446. The number of carbonyl (C=O) groups excluding carboxylic acids is 1. The molecule has 1 atom stereocenters. The maximum atomic E-state index is 12.3. The number of nitrogens with zero attached hydrogens (tertiary/aromatic N) is 1. The monoisotopic (exact) mass is 261 g/mol. The molecule has 2 rings (SSSR count). The third-order valence-electron chi connectivity index (χ3n) is 3.64. The van der Waals surface area contributed by atoms with E-state index in [0.717, 1.165) is 12.8 Å². The Labute approximate surface area is 115 Å². The van der Waals surface area contributed by atoms with Gasteiger partial charge < -0.3 is 9.64 Å². The highest BCUT2D eigenvalue weighted by Crippen LogP contribution is 2.34. The van der Waals surface area contributed by atoms with Gasteiger partial charge in [-0.2, -0.15) is 0 Å². The van der Waals surface area contributed by atoms with Crippen LogP contribution >= 0.6 is 0 Å². The number of fused-ring (bicyclic) bond motifs is 1. The van der Waals surface area contributed by atoms with Gasteiger partial charge in [-0.25, -0.2) is 4.79 Å². The molecule has 0 spiro atoms. The average molecular weight is 261 g/mol. The minimum Gasteiger partial charge on any atom is -0.441 e. The lowest BCUT2D eigenvalue weighted by atomic mass is 10.1. The summed E-state index contributed by atoms with van der Waals surface area (Å²) in [7, 11) is 0. The van der Waals surface area contributed by atoms with Crippen molar-refractivity contribution in [1.29, 1.82) is 0 Å². The van der Waals surface area contributed by atoms with Gasteiger partial charge in [0.2, 0.25) is 0 Å². The standard InChI is InChI=1S/C16H23NO2/c1-11(2)17(12(3)4)16(18)19-15-10-9-13-7-5-6-8-14(13)15/h5-8,11-12,15H,9-10H2,1-4H3/t15-/m1/s1. The van der Waals surface area contributed by atoms with Crippen molar-refractivity contribution >= 4 is 6.09 Å². The van der Waals surface area contributed by atoms with Crippen LogP contribution in [0.5, 0.6) is 0 Å². The van der Waals surface area contributed by atoms with Crippen LogP contribution in [0.4, 0.5) is 4.79 Å². The van der Waals surface area contributed by atoms with E-state index in [0.29, 0.717) is 0 Å². The van der Waals surface area contributed by atoms with E-state index in [2.05, 4.69) is 12.1 Å². The molecule has 19 heavy (non-hydrogen) atoms. The van der Waals surface area contributed by atoms with Gasteiger partial charge in [-0.3, -0.25) is 0 Å². The SMILES string of the molecule is CC(C)N(C(=O)O[C@@H]1CCc2ccccc21)C(C)C. The maximum absolute atomic E-state index is 12.3. The zero-order valence-corrected chi connectivity index (χ0v) is 12.2. The summed E-state index contributed by atoms with van der Waals surface area (Å²) in [6.45, 7) is 8.07. The number of aryl methyl sites for hydroxylation is 1. The van der Waals surface area contributed by atoms with E-state index in [4.69, 9.17) is 4.74 Å². The number of rotatable bonds is 3. The lowest BCUT2D eigenvalue weighted by Crippen LogP contribution is -2.42. The molecular weight excluding hydrogens is 238 g/mol. The van der Waals surface area contributed by atoms with Crippen LogP contribution < -0.4 is 0 Å². The highest BCUT2D eigenvalue weighted by Gasteiger charge is 2.29. The molecule has 0 unspecified atom stereocenters. The number of hydrogen-bond donors (Lipinski definition) is 0. The fourth-order valence-corrected chi connectivity index (χ4v) is 2.84. The molecule has 0 bridgehead atoms. The van der Waals surface area contributed by atoms with Gasteiger partial charge in [0, 0.05) is 12.1 Å². The van der Waals surface area contributed by atoms with Gasteiger partial charge in [-0.15, -0.1) is 0 Å². The van der Waals surface area contributed by atoms with Crippen LogP contribution in [0.1, 0.15) is 51.3 Å². The summed E-state index contributed by atoms with van der Waals surface area (Å²) in [5.41, 5.74) is 2.48. The van der Waals surface area contributed by atoms with Crippen molar-refractivity contribution in [3.8, 4) is 0 Å². The van der Waals surface area contributed by atoms with Crippen molar-refractivity contribution in [2.45, 2.75) is 58.7 Å². The van der Waals surface area contributed by atoms with Crippen LogP contribution in [0.15, 0.2) is 24.3 Å². The summed E-state index contributed by atoms with van der Waals surface area (Å²) in [5.74, 6) is 0. The zero-order valence-electron chi connectivity index (χ0n) is 12.2. The fourth-order valence-electron chi connectivity index (χ4n) is 2.84. The van der Waals surface area contributed by atoms with Gasteiger partial charge in [0.05, 0.1) is 0 Å². The quantitative estimate of drug-likeness (QED) is 0.825. The number of carbonyl (C=O) groups is 1. The molecule has 3 nitrogen and oxygen atoms in total. The fraction of sp³-hybridized carbons (Fsp3) is 0.562. The normalized spacial score (nSPS) is 17.7. The Kier molecular flexibility index (Phi) is 4.13. The first-order chi connectivity index (χ1) is 9.00. The predicted molar refractivity (Wildman–Crippen MR) is 76.1 cm³/mol. The number of hydrogen-bond acceptors (Lipinski definition) is 2. The van der Waals surface area contributed by atoms with Gasteiger partial charge in [-0.05, 0) is 51.7 Å². The average Bonchev–Trinajstić information content (AvgIpc) is 2.72. The maximum Gasteiger partial charge on any atom is 0.410 e. The van der Waals surface area contributed by atoms with Crippen LogP contribution in [0, 0.1) is 0 Å². The Balaban J connectivity index is 2.08. The van der Waals surface area contributed by atoms with Crippen molar-refractivity contribution in [2.24, 2.45) is 0 Å². The molecule has 1 aromatic rings. The summed E-state index contributed by atoms with van der Waals surface area (Å²) in [6, 6.07) is 8.54. The Morgan fingerprint density at radius 1 is 1.21 bits per heavy atom. The second-order valence-electron chi connectivity index (χ2n) is 5.70. The van der Waals surface area contributed by atoms with Crippen molar-refractivity contribution in [3.63, 3.8) is 0 Å². The third kappa shape index (κ3) is 2.91. The molecule has 1 aromatic carbocycles. The summed E-state index contributed by atoms with van der Waals surface area (Å²) in [6.07, 6.45) is 1.61. The molecule has 0 saturated carbocycles. The number of benzene rings is 1. The summed E-state index contributed by atoms with van der Waals surface area (Å²) < 4.78 is 5.71. The molecule has 0 aliphatic heterocycles. The minimum absolute atomic E-state index is 0.0799. The topological polar surface area (TPSA) is 29.5 Å². The van der Waals surface area contributed by atoms with Gasteiger partial charge >= 0.3 is 6.09 Å². The molecule has 1 aliphatic carbocycles. The third-order valence-corrected chi connectivity index (χ3v) is 3.64. The first-order valence-corrected chi connectivity index (χ1v) is 7.07. The first kappa shape index (κ1) is 13.9. The van der Waals surface area contributed by atoms with Gasteiger partial charge in [0.25, 0.3) is 0 Å². The predicted octanol–water partition coefficient (Wildman–Crippen LogP) is 3.93. The molecule has 0 fully saturated rings. The minimum atomic E-state index is -0.202. The van der Waals surface area contributed by atoms with Crippen LogP contribution in [-0.4, -0.2) is 23.1 Å².